The molecule has 1 aromatic carbocycles. The van der Waals surface area contributed by atoms with Gasteiger partial charge in [-0.05, 0) is 63.3 Å². The monoisotopic (exact) mass is 673 g/mol. The highest BCUT2D eigenvalue weighted by molar-refractivity contribution is 5.70. The Morgan fingerprint density at radius 3 is 2.65 bits per heavy atom. The molecule has 11 atom stereocenters. The van der Waals surface area contributed by atoms with Crippen molar-refractivity contribution in [2.45, 2.75) is 128 Å². The molecular weight excluding hydrogens is 618 g/mol. The van der Waals surface area contributed by atoms with E-state index in [0.29, 0.717) is 23.6 Å². The first-order valence-electron chi connectivity index (χ1n) is 17.0. The van der Waals surface area contributed by atoms with Crippen molar-refractivity contribution in [3.8, 4) is 11.5 Å². The maximum absolute atomic E-state index is 12.8. The highest BCUT2D eigenvalue weighted by atomic mass is 16.7. The highest BCUT2D eigenvalue weighted by Crippen LogP contribution is 2.39. The first kappa shape index (κ1) is 38.0. The molecule has 0 spiro atoms. The summed E-state index contributed by atoms with van der Waals surface area (Å²) in [4.78, 5) is 12.8. The fourth-order valence-corrected chi connectivity index (χ4v) is 6.61. The van der Waals surface area contributed by atoms with Crippen LogP contribution in [-0.2, 0) is 25.5 Å². The number of carbonyl (C=O) groups excluding carboxylic acids is 1. The molecule has 1 fully saturated rings. The Morgan fingerprint density at radius 2 is 1.94 bits per heavy atom. The second kappa shape index (κ2) is 16.3. The average molecular weight is 674 g/mol. The molecule has 48 heavy (non-hydrogen) atoms. The van der Waals surface area contributed by atoms with Gasteiger partial charge in [-0.1, -0.05) is 57.2 Å². The van der Waals surface area contributed by atoms with Crippen LogP contribution in [0.15, 0.2) is 54.2 Å². The van der Waals surface area contributed by atoms with Crippen LogP contribution >= 0.6 is 0 Å². The molecule has 3 aliphatic heterocycles. The Bertz CT molecular complexity index is 1320. The van der Waals surface area contributed by atoms with Gasteiger partial charge in [0.25, 0.3) is 0 Å². The van der Waals surface area contributed by atoms with Gasteiger partial charge in [0, 0.05) is 25.5 Å². The summed E-state index contributed by atoms with van der Waals surface area (Å²) in [5, 5.41) is 47.1. The molecule has 3 aliphatic rings. The van der Waals surface area contributed by atoms with Crippen molar-refractivity contribution in [1.29, 1.82) is 0 Å². The number of aliphatic hydroxyl groups excluding tert-OH is 2. The molecule has 3 heterocycles. The molecule has 268 valence electrons. The maximum Gasteiger partial charge on any atom is 0.309 e. The van der Waals surface area contributed by atoms with E-state index in [1.807, 2.05) is 32.0 Å². The Morgan fingerprint density at radius 1 is 1.21 bits per heavy atom. The van der Waals surface area contributed by atoms with E-state index < -0.39 is 41.5 Å². The minimum absolute atomic E-state index is 0.0265. The smallest absolute Gasteiger partial charge is 0.309 e. The third-order valence-electron chi connectivity index (χ3n) is 9.89. The Kier molecular flexibility index (Phi) is 12.9. The van der Waals surface area contributed by atoms with Gasteiger partial charge in [0.15, 0.2) is 11.5 Å². The zero-order chi connectivity index (χ0) is 35.2. The number of ether oxygens (including phenoxy) is 5. The number of fused-ring (bicyclic) bond motifs is 1. The summed E-state index contributed by atoms with van der Waals surface area (Å²) < 4.78 is 28.7. The van der Waals surface area contributed by atoms with Crippen LogP contribution in [0.5, 0.6) is 11.5 Å². The summed E-state index contributed by atoms with van der Waals surface area (Å²) >= 11 is 0. The number of rotatable bonds is 12. The molecule has 5 N–H and O–H groups in total. The van der Waals surface area contributed by atoms with Crippen molar-refractivity contribution < 1.29 is 48.9 Å². The van der Waals surface area contributed by atoms with Gasteiger partial charge in [-0.3, -0.25) is 4.79 Å². The van der Waals surface area contributed by atoms with Gasteiger partial charge < -0.3 is 49.4 Å². The summed E-state index contributed by atoms with van der Waals surface area (Å²) in [5.74, 6) is 0.592. The predicted octanol–water partition coefficient (Wildman–Crippen LogP) is 3.72. The van der Waals surface area contributed by atoms with E-state index in [0.717, 1.165) is 12.0 Å². The molecule has 0 amide bonds. The number of carbonyl (C=O) groups is 1. The molecule has 1 saturated heterocycles. The van der Waals surface area contributed by atoms with Crippen LogP contribution in [0, 0.1) is 11.8 Å². The van der Waals surface area contributed by atoms with Gasteiger partial charge in [0.2, 0.25) is 6.79 Å². The van der Waals surface area contributed by atoms with Crippen LogP contribution < -0.4 is 14.8 Å². The minimum atomic E-state index is -1.45. The quantitative estimate of drug-likeness (QED) is 0.0953. The minimum Gasteiger partial charge on any atom is -0.457 e. The number of epoxide rings is 1. The zero-order valence-corrected chi connectivity index (χ0v) is 29.3. The van der Waals surface area contributed by atoms with E-state index >= 15 is 0 Å². The molecule has 1 aromatic rings. The largest absolute Gasteiger partial charge is 0.457 e. The van der Waals surface area contributed by atoms with Gasteiger partial charge in [-0.2, -0.15) is 0 Å². The topological polar surface area (TPSA) is 159 Å². The lowest BCUT2D eigenvalue weighted by Crippen LogP contribution is -2.52. The first-order valence-corrected chi connectivity index (χ1v) is 17.0. The first-order chi connectivity index (χ1) is 22.7. The second-order valence-electron chi connectivity index (χ2n) is 14.0. The zero-order valence-electron chi connectivity index (χ0n) is 29.3. The number of esters is 1. The number of benzene rings is 1. The van der Waals surface area contributed by atoms with Gasteiger partial charge in [0.1, 0.15) is 18.3 Å². The van der Waals surface area contributed by atoms with Crippen molar-refractivity contribution in [3.05, 3.63) is 59.7 Å². The summed E-state index contributed by atoms with van der Waals surface area (Å²) in [7, 11) is 1.70. The predicted molar refractivity (Wildman–Crippen MR) is 180 cm³/mol. The maximum atomic E-state index is 12.8. The fraction of sp³-hybridized carbons (Fsp3) is 0.649. The third kappa shape index (κ3) is 9.68. The number of nitrogens with one attached hydrogen (secondary N) is 1. The lowest BCUT2D eigenvalue weighted by atomic mass is 9.87. The van der Waals surface area contributed by atoms with Crippen LogP contribution in [0.1, 0.15) is 72.8 Å². The van der Waals surface area contributed by atoms with Crippen LogP contribution in [0.2, 0.25) is 0 Å². The lowest BCUT2D eigenvalue weighted by molar-refractivity contribution is -0.151. The molecule has 11 heteroatoms. The average Bonchev–Trinajstić information content (AvgIpc) is 3.67. The van der Waals surface area contributed by atoms with Crippen LogP contribution in [0.25, 0.3) is 0 Å². The van der Waals surface area contributed by atoms with E-state index in [9.17, 15) is 25.2 Å². The SMILES string of the molecule is CCC(OC)C(C)C1OC1C(NCc1ccc2c(c1)OCO2)C(C)(O)C=CC=C(C)C1OC(=O)CC(O)CCC(C)(O)C(O)C=CC1C. The van der Waals surface area contributed by atoms with Crippen molar-refractivity contribution >= 4 is 5.97 Å². The van der Waals surface area contributed by atoms with Crippen molar-refractivity contribution in [2.24, 2.45) is 11.8 Å². The number of aliphatic hydroxyl groups is 4. The Hall–Kier alpha value is -2.77. The molecule has 0 bridgehead atoms. The molecule has 0 saturated carbocycles. The normalized spacial score (nSPS) is 32.9. The van der Waals surface area contributed by atoms with E-state index in [2.05, 4.69) is 19.2 Å². The summed E-state index contributed by atoms with van der Waals surface area (Å²) in [6.45, 7) is 11.7. The highest BCUT2D eigenvalue weighted by Gasteiger charge is 2.54. The summed E-state index contributed by atoms with van der Waals surface area (Å²) in [6, 6.07) is 5.27. The molecular formula is C37H55NO10. The van der Waals surface area contributed by atoms with Gasteiger partial charge in [-0.25, -0.2) is 0 Å². The molecule has 11 nitrogen and oxygen atoms in total. The molecule has 11 unspecified atom stereocenters. The number of methoxy groups -OCH3 is 1. The second-order valence-corrected chi connectivity index (χ2v) is 14.0. The van der Waals surface area contributed by atoms with Gasteiger partial charge >= 0.3 is 5.97 Å². The van der Waals surface area contributed by atoms with E-state index in [1.54, 1.807) is 38.3 Å². The Labute approximate surface area is 284 Å². The lowest BCUT2D eigenvalue weighted by Gasteiger charge is -2.31. The van der Waals surface area contributed by atoms with Crippen molar-refractivity contribution in [2.75, 3.05) is 13.9 Å². The van der Waals surface area contributed by atoms with E-state index in [-0.39, 0.29) is 56.2 Å². The standard InChI is InChI=1S/C37H55NO10/c1-8-27(44-7)24(4)33-34(48-33)35(38-20-25-12-13-28-29(18-25)46-21-45-28)37(6,43)16-9-10-22(2)32-23(3)11-14-30(40)36(5,42)17-15-26(39)19-31(41)47-32/h9-14,16,18,23-24,26-27,30,32-35,38-40,42-43H,8,15,17,19-21H2,1-7H3. The van der Waals surface area contributed by atoms with Crippen LogP contribution in [0.3, 0.4) is 0 Å². The molecule has 4 rings (SSSR count). The van der Waals surface area contributed by atoms with Gasteiger partial charge in [0.05, 0.1) is 42.0 Å². The van der Waals surface area contributed by atoms with Gasteiger partial charge in [-0.15, -0.1) is 0 Å². The number of cyclic esters (lactones) is 1. The molecule has 0 aliphatic carbocycles. The third-order valence-corrected chi connectivity index (χ3v) is 9.89. The van der Waals surface area contributed by atoms with E-state index in [4.69, 9.17) is 23.7 Å². The van der Waals surface area contributed by atoms with E-state index in [1.165, 1.54) is 13.0 Å². The fourth-order valence-electron chi connectivity index (χ4n) is 6.61. The van der Waals surface area contributed by atoms with Crippen LogP contribution in [0.4, 0.5) is 0 Å². The number of allylic oxidation sites excluding steroid dienone is 2. The van der Waals surface area contributed by atoms with Crippen molar-refractivity contribution in [3.63, 3.8) is 0 Å². The molecule has 0 aromatic heterocycles. The van der Waals surface area contributed by atoms with Crippen molar-refractivity contribution in [1.82, 2.24) is 5.32 Å². The molecule has 0 radical (unpaired) electrons. The van der Waals surface area contributed by atoms with Crippen LogP contribution in [-0.4, -0.2) is 94.2 Å². The summed E-state index contributed by atoms with van der Waals surface area (Å²) in [5.41, 5.74) is -1.14. The number of hydrogen-bond donors (Lipinski definition) is 5. The Balaban J connectivity index is 1.54. The number of hydrogen-bond acceptors (Lipinski definition) is 11. The summed E-state index contributed by atoms with van der Waals surface area (Å²) in [6.07, 6.45) is 6.12.